The number of allylic oxidation sites excluding steroid dienone is 1. The number of hydrogen-bond acceptors (Lipinski definition) is 31. The third kappa shape index (κ3) is 29.1. The Balaban J connectivity index is 1.26. The van der Waals surface area contributed by atoms with Gasteiger partial charge in [0.1, 0.15) is 123 Å². The minimum absolute atomic E-state index is 0.170. The number of carboxylic acid groups (broad SMARTS) is 1. The van der Waals surface area contributed by atoms with Crippen LogP contribution < -0.4 is 16.0 Å². The summed E-state index contributed by atoms with van der Waals surface area (Å²) in [6, 6.07) is -4.78. The quantitative estimate of drug-likeness (QED) is 0.0230. The Morgan fingerprint density at radius 1 is 0.491 bits per heavy atom. The smallest absolute Gasteiger partial charge is 0.364 e. The number of aliphatic hydroxyl groups excluding tert-OH is 17. The van der Waals surface area contributed by atoms with E-state index in [1.807, 2.05) is 6.08 Å². The lowest BCUT2D eigenvalue weighted by Crippen LogP contribution is -2.71. The second kappa shape index (κ2) is 50.7. The van der Waals surface area contributed by atoms with E-state index in [2.05, 4.69) is 29.8 Å². The van der Waals surface area contributed by atoms with Gasteiger partial charge in [0.15, 0.2) is 25.2 Å². The lowest BCUT2D eigenvalue weighted by Gasteiger charge is -2.51. The zero-order valence-electron chi connectivity index (χ0n) is 63.0. The molecule has 0 radical (unpaired) electrons. The highest BCUT2D eigenvalue weighted by Crippen LogP contribution is 2.40. The number of ether oxygens (including phenoxy) is 10. The second-order valence-electron chi connectivity index (χ2n) is 29.3. The summed E-state index contributed by atoms with van der Waals surface area (Å²) in [6.07, 6.45) is -15.4. The maximum absolute atomic E-state index is 13.5. The van der Waals surface area contributed by atoms with Gasteiger partial charge in [-0.05, 0) is 19.3 Å². The normalized spacial score (nSPS) is 34.4. The number of carboxylic acids is 1. The zero-order chi connectivity index (χ0) is 79.5. The first-order chi connectivity index (χ1) is 51.8. The average molecular weight is 1560 g/mol. The molecule has 5 rings (SSSR count). The highest BCUT2D eigenvalue weighted by atomic mass is 16.8. The first kappa shape index (κ1) is 95.1. The summed E-state index contributed by atoms with van der Waals surface area (Å²) in [5.41, 5.74) is 0. The van der Waals surface area contributed by atoms with Crippen molar-refractivity contribution >= 4 is 23.7 Å². The molecule has 5 heterocycles. The fourth-order valence-electron chi connectivity index (χ4n) is 14.3. The third-order valence-electron chi connectivity index (χ3n) is 20.7. The third-order valence-corrected chi connectivity index (χ3v) is 20.7. The Bertz CT molecular complexity index is 2520. The highest BCUT2D eigenvalue weighted by Gasteiger charge is 2.61. The molecule has 3 amide bonds. The Morgan fingerprint density at radius 3 is 1.41 bits per heavy atom. The van der Waals surface area contributed by atoms with Gasteiger partial charge in [-0.3, -0.25) is 14.4 Å². The molecule has 5 fully saturated rings. The Hall–Kier alpha value is -3.46. The van der Waals surface area contributed by atoms with E-state index in [1.54, 1.807) is 6.08 Å². The van der Waals surface area contributed by atoms with Crippen LogP contribution in [0.25, 0.3) is 0 Å². The number of amides is 3. The van der Waals surface area contributed by atoms with Crippen molar-refractivity contribution in [2.45, 2.75) is 378 Å². The van der Waals surface area contributed by atoms with Gasteiger partial charge in [0, 0.05) is 19.8 Å². The SMILES string of the molecule is CCCCCCCCCCCCC/C=C/[C@@H](O)[C@H](CO[C@@H]1OC(CO)[C@@H](O[C@@H]2OC(CO)[C@H](O)[C@H](O[C@@H]3OC(CO)[C@@H](O[C@@H]4OC(CO)[C@H](O)[C@H](O[C@]5(C(=O)O)CC(O)[C@@H](NC(=O)CO)C([C@H](O)[C@H](O)CO)O5)C4O)[C@H](O)C3NC(C)=O)C2O)[C@H](O)C1O)NC(=O)CCCCCCCCCCCCCCCCC. The molecule has 35 heteroatoms. The maximum Gasteiger partial charge on any atom is 0.364 e. The molecule has 28 atom stereocenters. The van der Waals surface area contributed by atoms with E-state index in [9.17, 15) is 111 Å². The summed E-state index contributed by atoms with van der Waals surface area (Å²) >= 11 is 0. The largest absolute Gasteiger partial charge is 0.477 e. The summed E-state index contributed by atoms with van der Waals surface area (Å²) in [6.45, 7) is -1.66. The molecule has 630 valence electrons. The van der Waals surface area contributed by atoms with Gasteiger partial charge in [-0.2, -0.15) is 0 Å². The lowest BCUT2D eigenvalue weighted by molar-refractivity contribution is -0.390. The van der Waals surface area contributed by atoms with Crippen LogP contribution in [0.1, 0.15) is 207 Å². The molecule has 5 aliphatic heterocycles. The number of hydrogen-bond donors (Lipinski definition) is 21. The lowest BCUT2D eigenvalue weighted by atomic mass is 9.88. The van der Waals surface area contributed by atoms with Crippen LogP contribution in [-0.4, -0.2) is 333 Å². The first-order valence-corrected chi connectivity index (χ1v) is 39.3. The van der Waals surface area contributed by atoms with Gasteiger partial charge >= 0.3 is 5.97 Å². The number of carbonyl (C=O) groups is 4. The molecular weight excluding hydrogens is 1430 g/mol. The molecule has 0 aromatic heterocycles. The van der Waals surface area contributed by atoms with Crippen molar-refractivity contribution in [3.63, 3.8) is 0 Å². The first-order valence-electron chi connectivity index (χ1n) is 39.3. The molecule has 0 aromatic carbocycles. The molecule has 21 N–H and O–H groups in total. The van der Waals surface area contributed by atoms with Crippen LogP contribution in [0, 0.1) is 0 Å². The van der Waals surface area contributed by atoms with Gasteiger partial charge in [0.25, 0.3) is 5.79 Å². The predicted molar refractivity (Wildman–Crippen MR) is 380 cm³/mol. The summed E-state index contributed by atoms with van der Waals surface area (Å²) < 4.78 is 58.6. The molecule has 10 unspecified atom stereocenters. The van der Waals surface area contributed by atoms with Gasteiger partial charge in [-0.15, -0.1) is 0 Å². The molecule has 5 saturated heterocycles. The van der Waals surface area contributed by atoms with Crippen LogP contribution in [0.4, 0.5) is 0 Å². The number of aliphatic hydroxyl groups is 17. The molecule has 5 aliphatic rings. The van der Waals surface area contributed by atoms with E-state index in [0.29, 0.717) is 12.8 Å². The van der Waals surface area contributed by atoms with Gasteiger partial charge in [0.05, 0.1) is 63.9 Å². The molecule has 0 aliphatic carbocycles. The Labute approximate surface area is 632 Å². The average Bonchev–Trinajstić information content (AvgIpc) is 0.759. The van der Waals surface area contributed by atoms with Crippen molar-refractivity contribution in [3.8, 4) is 0 Å². The van der Waals surface area contributed by atoms with Crippen LogP contribution in [0.3, 0.4) is 0 Å². The fraction of sp³-hybridized carbons (Fsp3) is 0.918. The minimum Gasteiger partial charge on any atom is -0.477 e. The number of aliphatic carboxylic acids is 1. The predicted octanol–water partition coefficient (Wildman–Crippen LogP) is -2.07. The standard InChI is InChI=1S/C73H131N3O32/c1-4-6-8-10-12-14-16-18-19-21-23-25-27-29-31-33-51(87)75-43(44(84)32-30-28-26-24-22-20-17-15-13-11-9-7-5-2)41-99-69-60(94)59(93)64(50(39-81)103-69)105-70-61(95)66(56(90)47(36-78)100-70)106-68-54(74-42(3)83)58(92)63(49(38-80)102-68)104-71-62(96)67(57(91)48(37-79)101-71)108-73(72(97)98)34-45(85)53(76-52(88)40-82)65(107-73)55(89)46(86)35-77/h30,32,43-50,53-71,77-82,84-86,89-96H,4-29,31,33-41H2,1-3H3,(H,74,83)(H,75,87)(H,76,88)(H,97,98)/b32-30+/t43-,44+,45?,46+,47?,48?,49?,50?,53+,54?,55+,56-,57-,58+,59+,60?,61?,62?,63+,64+,65?,66-,67-,68-,69+,70-,71-,73-/m0/s1. The van der Waals surface area contributed by atoms with E-state index in [0.717, 1.165) is 58.3 Å². The van der Waals surface area contributed by atoms with Crippen LogP contribution in [-0.2, 0) is 66.5 Å². The molecule has 0 aromatic rings. The summed E-state index contributed by atoms with van der Waals surface area (Å²) in [5.74, 6) is -7.80. The van der Waals surface area contributed by atoms with Crippen molar-refractivity contribution in [1.29, 1.82) is 0 Å². The van der Waals surface area contributed by atoms with Crippen molar-refractivity contribution < 1.29 is 158 Å². The highest BCUT2D eigenvalue weighted by molar-refractivity contribution is 5.78. The van der Waals surface area contributed by atoms with Gasteiger partial charge in [0.2, 0.25) is 17.7 Å². The number of carbonyl (C=O) groups excluding carboxylic acids is 3. The molecular formula is C73H131N3O32. The Morgan fingerprint density at radius 2 is 0.935 bits per heavy atom. The van der Waals surface area contributed by atoms with Crippen molar-refractivity contribution in [1.82, 2.24) is 16.0 Å². The summed E-state index contributed by atoms with van der Waals surface area (Å²) in [4.78, 5) is 51.8. The second-order valence-corrected chi connectivity index (χ2v) is 29.3. The van der Waals surface area contributed by atoms with Crippen LogP contribution in [0.15, 0.2) is 12.2 Å². The zero-order valence-corrected chi connectivity index (χ0v) is 63.0. The molecule has 35 nitrogen and oxygen atoms in total. The topological polar surface area (TPSA) is 561 Å². The van der Waals surface area contributed by atoms with Gasteiger partial charge in [-0.1, -0.05) is 180 Å². The fourth-order valence-corrected chi connectivity index (χ4v) is 14.3. The molecule has 0 bridgehead atoms. The van der Waals surface area contributed by atoms with Crippen LogP contribution in [0.5, 0.6) is 0 Å². The van der Waals surface area contributed by atoms with Gasteiger partial charge < -0.3 is 155 Å². The molecule has 108 heavy (non-hydrogen) atoms. The number of rotatable bonds is 53. The number of nitrogens with one attached hydrogen (secondary N) is 3. The van der Waals surface area contributed by atoms with Crippen molar-refractivity contribution in [3.05, 3.63) is 12.2 Å². The van der Waals surface area contributed by atoms with Crippen molar-refractivity contribution in [2.75, 3.05) is 46.2 Å². The van der Waals surface area contributed by atoms with E-state index < -0.39 is 242 Å². The summed E-state index contributed by atoms with van der Waals surface area (Å²) in [5, 5.41) is 206. The van der Waals surface area contributed by atoms with Crippen LogP contribution >= 0.6 is 0 Å². The maximum atomic E-state index is 13.5. The Kier molecular flexibility index (Phi) is 44.7. The summed E-state index contributed by atoms with van der Waals surface area (Å²) in [7, 11) is 0. The minimum atomic E-state index is -3.26. The van der Waals surface area contributed by atoms with E-state index in [4.69, 9.17) is 47.4 Å². The van der Waals surface area contributed by atoms with Crippen molar-refractivity contribution in [2.24, 2.45) is 0 Å². The molecule has 0 saturated carbocycles. The van der Waals surface area contributed by atoms with E-state index in [-0.39, 0.29) is 12.3 Å². The van der Waals surface area contributed by atoms with E-state index in [1.165, 1.54) is 109 Å². The number of unbranched alkanes of at least 4 members (excludes halogenated alkanes) is 25. The monoisotopic (exact) mass is 1560 g/mol. The van der Waals surface area contributed by atoms with Gasteiger partial charge in [-0.25, -0.2) is 4.79 Å². The molecule has 0 spiro atoms. The van der Waals surface area contributed by atoms with Crippen LogP contribution in [0.2, 0.25) is 0 Å². The van der Waals surface area contributed by atoms with E-state index >= 15 is 0 Å².